The summed E-state index contributed by atoms with van der Waals surface area (Å²) in [4.78, 5) is 4.07. The number of aryl methyl sites for hydroxylation is 2. The van der Waals surface area contributed by atoms with Crippen LogP contribution in [-0.2, 0) is 5.88 Å². The molecule has 21 heavy (non-hydrogen) atoms. The van der Waals surface area contributed by atoms with Crippen LogP contribution in [0.25, 0.3) is 0 Å². The molecule has 1 nitrogen and oxygen atoms in total. The Hall–Kier alpha value is -1.60. The second-order valence-electron chi connectivity index (χ2n) is 5.36. The second kappa shape index (κ2) is 8.63. The van der Waals surface area contributed by atoms with Gasteiger partial charge in [-0.3, -0.25) is 4.98 Å². The molecule has 0 amide bonds. The molecule has 0 saturated carbocycles. The summed E-state index contributed by atoms with van der Waals surface area (Å²) in [6, 6.07) is 12.5. The average Bonchev–Trinajstić information content (AvgIpc) is 2.48. The molecule has 1 heterocycles. The third-order valence-electron chi connectivity index (χ3n) is 3.58. The van der Waals surface area contributed by atoms with E-state index in [0.717, 1.165) is 11.3 Å². The number of alkyl halides is 1. The summed E-state index contributed by atoms with van der Waals surface area (Å²) in [5.41, 5.74) is 6.02. The average molecular weight is 302 g/mol. The van der Waals surface area contributed by atoms with E-state index in [1.807, 2.05) is 19.1 Å². The Kier molecular flexibility index (Phi) is 7.18. The van der Waals surface area contributed by atoms with Gasteiger partial charge in [-0.05, 0) is 38.0 Å². The van der Waals surface area contributed by atoms with Crippen molar-refractivity contribution in [2.75, 3.05) is 0 Å². The van der Waals surface area contributed by atoms with E-state index < -0.39 is 0 Å². The van der Waals surface area contributed by atoms with Crippen molar-refractivity contribution in [2.24, 2.45) is 0 Å². The first-order chi connectivity index (χ1) is 9.95. The highest BCUT2D eigenvalue weighted by Crippen LogP contribution is 2.21. The van der Waals surface area contributed by atoms with Crippen LogP contribution in [0.15, 0.2) is 54.7 Å². The Bertz CT molecular complexity index is 572. The smallest absolute Gasteiger partial charge is 0.0491 e. The van der Waals surface area contributed by atoms with E-state index in [0.29, 0.717) is 11.8 Å². The van der Waals surface area contributed by atoms with Gasteiger partial charge in [0.25, 0.3) is 0 Å². The summed E-state index contributed by atoms with van der Waals surface area (Å²) < 4.78 is 0. The second-order valence-corrected chi connectivity index (χ2v) is 5.63. The van der Waals surface area contributed by atoms with Gasteiger partial charge in [0.1, 0.15) is 0 Å². The van der Waals surface area contributed by atoms with Gasteiger partial charge >= 0.3 is 0 Å². The maximum atomic E-state index is 5.59. The highest BCUT2D eigenvalue weighted by atomic mass is 35.5. The van der Waals surface area contributed by atoms with Crippen molar-refractivity contribution in [3.63, 3.8) is 0 Å². The Morgan fingerprint density at radius 1 is 1.19 bits per heavy atom. The minimum Gasteiger partial charge on any atom is -0.261 e. The summed E-state index contributed by atoms with van der Waals surface area (Å²) in [6.45, 7) is 12.3. The zero-order chi connectivity index (χ0) is 15.8. The molecule has 2 rings (SSSR count). The molecule has 0 bridgehead atoms. The number of nitrogens with zero attached hydrogens (tertiary/aromatic N) is 1. The standard InChI is InChI=1S/C12H16.C7H8ClN/c1-9(2)11(4)12-7-5-10(3)6-8-12;1-6-7(5-8)3-2-4-9-6/h5-8,11H,1H2,2-4H3;2-4H,5H2,1H3. The first-order valence-corrected chi connectivity index (χ1v) is 7.67. The molecule has 0 aliphatic rings. The van der Waals surface area contributed by atoms with E-state index in [2.05, 4.69) is 56.6 Å². The van der Waals surface area contributed by atoms with Crippen LogP contribution in [0.4, 0.5) is 0 Å². The van der Waals surface area contributed by atoms with Crippen LogP contribution in [0.1, 0.15) is 42.1 Å². The Morgan fingerprint density at radius 3 is 2.24 bits per heavy atom. The van der Waals surface area contributed by atoms with E-state index in [1.54, 1.807) is 6.20 Å². The van der Waals surface area contributed by atoms with E-state index in [-0.39, 0.29) is 0 Å². The molecule has 0 radical (unpaired) electrons. The fourth-order valence-corrected chi connectivity index (χ4v) is 2.08. The lowest BCUT2D eigenvalue weighted by molar-refractivity contribution is 0.898. The van der Waals surface area contributed by atoms with Gasteiger partial charge in [0.05, 0.1) is 0 Å². The van der Waals surface area contributed by atoms with Crippen molar-refractivity contribution < 1.29 is 0 Å². The monoisotopic (exact) mass is 301 g/mol. The molecule has 1 aromatic carbocycles. The maximum Gasteiger partial charge on any atom is 0.0491 e. The number of benzene rings is 1. The van der Waals surface area contributed by atoms with Gasteiger partial charge in [-0.15, -0.1) is 11.6 Å². The molecule has 0 aliphatic carbocycles. The van der Waals surface area contributed by atoms with Gasteiger partial charge in [0.15, 0.2) is 0 Å². The van der Waals surface area contributed by atoms with Crippen LogP contribution in [0, 0.1) is 13.8 Å². The van der Waals surface area contributed by atoms with Gasteiger partial charge in [-0.1, -0.05) is 55.0 Å². The van der Waals surface area contributed by atoms with Gasteiger partial charge in [-0.2, -0.15) is 0 Å². The molecule has 0 fully saturated rings. The van der Waals surface area contributed by atoms with Crippen LogP contribution >= 0.6 is 11.6 Å². The fourth-order valence-electron chi connectivity index (χ4n) is 1.80. The number of rotatable bonds is 3. The zero-order valence-electron chi connectivity index (χ0n) is 13.4. The molecular weight excluding hydrogens is 278 g/mol. The summed E-state index contributed by atoms with van der Waals surface area (Å²) >= 11 is 5.59. The molecule has 1 atom stereocenters. The lowest BCUT2D eigenvalue weighted by atomic mass is 9.94. The van der Waals surface area contributed by atoms with Crippen molar-refractivity contribution in [1.29, 1.82) is 0 Å². The van der Waals surface area contributed by atoms with E-state index in [9.17, 15) is 0 Å². The Balaban J connectivity index is 0.000000219. The number of hydrogen-bond acceptors (Lipinski definition) is 1. The van der Waals surface area contributed by atoms with Gasteiger partial charge < -0.3 is 0 Å². The molecule has 112 valence electrons. The minimum absolute atomic E-state index is 0.477. The van der Waals surface area contributed by atoms with E-state index >= 15 is 0 Å². The molecule has 0 aliphatic heterocycles. The number of hydrogen-bond donors (Lipinski definition) is 0. The SMILES string of the molecule is C=C(C)C(C)c1ccc(C)cc1.Cc1ncccc1CCl. The predicted molar refractivity (Wildman–Crippen MR) is 92.9 cm³/mol. The molecule has 0 N–H and O–H groups in total. The maximum absolute atomic E-state index is 5.59. The quantitative estimate of drug-likeness (QED) is 0.515. The minimum atomic E-state index is 0.477. The van der Waals surface area contributed by atoms with E-state index in [4.69, 9.17) is 11.6 Å². The lowest BCUT2D eigenvalue weighted by Crippen LogP contribution is -1.93. The topological polar surface area (TPSA) is 12.9 Å². The predicted octanol–water partition coefficient (Wildman–Crippen LogP) is 5.80. The molecule has 1 aromatic heterocycles. The van der Waals surface area contributed by atoms with Crippen molar-refractivity contribution in [2.45, 2.75) is 39.5 Å². The first kappa shape index (κ1) is 17.5. The summed E-state index contributed by atoms with van der Waals surface area (Å²) in [7, 11) is 0. The van der Waals surface area contributed by atoms with Gasteiger partial charge in [-0.25, -0.2) is 0 Å². The van der Waals surface area contributed by atoms with Crippen molar-refractivity contribution >= 4 is 11.6 Å². The largest absolute Gasteiger partial charge is 0.261 e. The summed E-state index contributed by atoms with van der Waals surface area (Å²) in [6.07, 6.45) is 1.77. The number of aromatic nitrogens is 1. The molecule has 0 spiro atoms. The van der Waals surface area contributed by atoms with Gasteiger partial charge in [0, 0.05) is 23.7 Å². The normalized spacial score (nSPS) is 11.3. The Morgan fingerprint density at radius 2 is 1.81 bits per heavy atom. The van der Waals surface area contributed by atoms with Crippen molar-refractivity contribution in [3.8, 4) is 0 Å². The summed E-state index contributed by atoms with van der Waals surface area (Å²) in [5, 5.41) is 0. The molecule has 2 aromatic rings. The molecule has 2 heteroatoms. The highest BCUT2D eigenvalue weighted by Gasteiger charge is 2.04. The zero-order valence-corrected chi connectivity index (χ0v) is 14.1. The molecular formula is C19H24ClN. The third-order valence-corrected chi connectivity index (χ3v) is 3.86. The number of pyridine rings is 1. The first-order valence-electron chi connectivity index (χ1n) is 7.14. The lowest BCUT2D eigenvalue weighted by Gasteiger charge is -2.11. The van der Waals surface area contributed by atoms with Crippen LogP contribution in [0.3, 0.4) is 0 Å². The number of allylic oxidation sites excluding steroid dienone is 1. The van der Waals surface area contributed by atoms with Crippen LogP contribution in [-0.4, -0.2) is 4.98 Å². The molecule has 0 saturated heterocycles. The number of halogens is 1. The van der Waals surface area contributed by atoms with Gasteiger partial charge in [0.2, 0.25) is 0 Å². The highest BCUT2D eigenvalue weighted by molar-refractivity contribution is 6.17. The van der Waals surface area contributed by atoms with Crippen molar-refractivity contribution in [3.05, 3.63) is 77.1 Å². The summed E-state index contributed by atoms with van der Waals surface area (Å²) in [5.74, 6) is 1.03. The molecule has 1 unspecified atom stereocenters. The van der Waals surface area contributed by atoms with E-state index in [1.165, 1.54) is 16.7 Å². The van der Waals surface area contributed by atoms with Crippen molar-refractivity contribution in [1.82, 2.24) is 4.98 Å². The van der Waals surface area contributed by atoms with Crippen LogP contribution < -0.4 is 0 Å². The Labute approximate surface area is 133 Å². The van der Waals surface area contributed by atoms with Crippen LogP contribution in [0.5, 0.6) is 0 Å². The van der Waals surface area contributed by atoms with Crippen LogP contribution in [0.2, 0.25) is 0 Å². The fraction of sp³-hybridized carbons (Fsp3) is 0.316. The third kappa shape index (κ3) is 5.73.